The van der Waals surface area contributed by atoms with Crippen LogP contribution in [0.3, 0.4) is 0 Å². The normalized spacial score (nSPS) is 20.4. The first-order valence-electron chi connectivity index (χ1n) is 5.64. The van der Waals surface area contributed by atoms with Gasteiger partial charge in [0.2, 0.25) is 0 Å². The Morgan fingerprint density at radius 2 is 2.06 bits per heavy atom. The molecule has 1 atom stereocenters. The number of hydrogen-bond donors (Lipinski definition) is 1. The third-order valence-electron chi connectivity index (χ3n) is 3.23. The first-order valence-corrected chi connectivity index (χ1v) is 5.64. The third-order valence-corrected chi connectivity index (χ3v) is 3.23. The highest BCUT2D eigenvalue weighted by atomic mass is 16.4. The molecule has 0 saturated carbocycles. The Bertz CT molecular complexity index is 456. The topological polar surface area (TPSA) is 57.6 Å². The van der Waals surface area contributed by atoms with Crippen molar-refractivity contribution in [2.75, 3.05) is 20.1 Å². The van der Waals surface area contributed by atoms with Gasteiger partial charge in [0.1, 0.15) is 0 Å². The largest absolute Gasteiger partial charge is 0.475 e. The first kappa shape index (κ1) is 11.8. The number of likely N-dealkylation sites (N-methyl/N-ethyl adjacent to an activating group) is 1. The summed E-state index contributed by atoms with van der Waals surface area (Å²) in [6.07, 6.45) is 0.973. The number of likely N-dealkylation sites (tertiary alicyclic amines) is 1. The number of carboxylic acid groups (broad SMARTS) is 1. The molecular weight excluding hydrogens is 218 g/mol. The summed E-state index contributed by atoms with van der Waals surface area (Å²) in [7, 11) is 2.03. The summed E-state index contributed by atoms with van der Waals surface area (Å²) >= 11 is 0. The van der Waals surface area contributed by atoms with Crippen LogP contribution in [-0.2, 0) is 4.79 Å². The minimum Gasteiger partial charge on any atom is -0.475 e. The first-order chi connectivity index (χ1) is 8.09. The quantitative estimate of drug-likeness (QED) is 0.633. The number of nitrogens with zero attached hydrogens (tertiary/aromatic N) is 1. The predicted molar refractivity (Wildman–Crippen MR) is 63.3 cm³/mol. The predicted octanol–water partition coefficient (Wildman–Crippen LogP) is 1.37. The highest BCUT2D eigenvalue weighted by Crippen LogP contribution is 2.28. The second-order valence-electron chi connectivity index (χ2n) is 4.47. The molecular formula is C13H15NO3. The lowest BCUT2D eigenvalue weighted by atomic mass is 9.91. The van der Waals surface area contributed by atoms with Crippen LogP contribution < -0.4 is 0 Å². The molecule has 0 amide bonds. The molecule has 1 aliphatic heterocycles. The van der Waals surface area contributed by atoms with Gasteiger partial charge in [0, 0.05) is 12.1 Å². The van der Waals surface area contributed by atoms with Gasteiger partial charge in [-0.05, 0) is 31.5 Å². The van der Waals surface area contributed by atoms with Gasteiger partial charge in [0.15, 0.2) is 0 Å². The molecule has 0 spiro atoms. The molecule has 1 aromatic rings. The Hall–Kier alpha value is -1.68. The van der Waals surface area contributed by atoms with Gasteiger partial charge in [0.05, 0.1) is 0 Å². The smallest absolute Gasteiger partial charge is 0.377 e. The van der Waals surface area contributed by atoms with Gasteiger partial charge in [-0.3, -0.25) is 4.79 Å². The van der Waals surface area contributed by atoms with E-state index >= 15 is 0 Å². The lowest BCUT2D eigenvalue weighted by molar-refractivity contribution is -0.131. The van der Waals surface area contributed by atoms with E-state index in [0.29, 0.717) is 5.56 Å². The van der Waals surface area contributed by atoms with Crippen LogP contribution in [0, 0.1) is 0 Å². The van der Waals surface area contributed by atoms with Crippen LogP contribution in [0.5, 0.6) is 0 Å². The van der Waals surface area contributed by atoms with Crippen molar-refractivity contribution >= 4 is 11.8 Å². The number of carbonyl (C=O) groups excluding carboxylic acids is 1. The summed E-state index contributed by atoms with van der Waals surface area (Å²) < 4.78 is 0. The van der Waals surface area contributed by atoms with Crippen molar-refractivity contribution in [3.05, 3.63) is 35.4 Å². The van der Waals surface area contributed by atoms with Gasteiger partial charge in [-0.15, -0.1) is 0 Å². The van der Waals surface area contributed by atoms with Gasteiger partial charge in [-0.1, -0.05) is 24.3 Å². The van der Waals surface area contributed by atoms with Crippen molar-refractivity contribution in [3.63, 3.8) is 0 Å². The summed E-state index contributed by atoms with van der Waals surface area (Å²) in [5.41, 5.74) is 1.20. The number of carbonyl (C=O) groups is 2. The molecule has 4 heteroatoms. The summed E-state index contributed by atoms with van der Waals surface area (Å²) in [5.74, 6) is -1.93. The molecule has 4 nitrogen and oxygen atoms in total. The molecule has 0 radical (unpaired) electrons. The maximum absolute atomic E-state index is 11.6. The molecule has 0 aromatic heterocycles. The van der Waals surface area contributed by atoms with Crippen LogP contribution in [0.4, 0.5) is 0 Å². The molecule has 0 aliphatic carbocycles. The van der Waals surface area contributed by atoms with Crippen LogP contribution in [-0.4, -0.2) is 41.9 Å². The number of carboxylic acids is 1. The molecule has 90 valence electrons. The fourth-order valence-corrected chi connectivity index (χ4v) is 2.36. The molecule has 1 saturated heterocycles. The second-order valence-corrected chi connectivity index (χ2v) is 4.47. The van der Waals surface area contributed by atoms with Crippen LogP contribution in [0.15, 0.2) is 24.3 Å². The molecule has 0 bridgehead atoms. The van der Waals surface area contributed by atoms with Gasteiger partial charge in [-0.25, -0.2) is 4.79 Å². The van der Waals surface area contributed by atoms with E-state index in [1.54, 1.807) is 12.1 Å². The molecule has 1 aromatic carbocycles. The number of hydrogen-bond acceptors (Lipinski definition) is 3. The summed E-state index contributed by atoms with van der Waals surface area (Å²) in [5, 5.41) is 8.79. The molecule has 1 heterocycles. The van der Waals surface area contributed by atoms with Crippen molar-refractivity contribution in [2.24, 2.45) is 0 Å². The standard InChI is InChI=1S/C13H15NO3/c1-14-7-6-9(8-14)10-4-2-3-5-11(10)12(15)13(16)17/h2-5,9H,6-8H2,1H3,(H,16,17). The molecule has 2 rings (SSSR count). The number of Topliss-reactive ketones (excluding diaryl/α,β-unsaturated/α-hetero) is 1. The van der Waals surface area contributed by atoms with E-state index in [0.717, 1.165) is 25.1 Å². The summed E-state index contributed by atoms with van der Waals surface area (Å²) in [6, 6.07) is 7.02. The van der Waals surface area contributed by atoms with Crippen LogP contribution >= 0.6 is 0 Å². The van der Waals surface area contributed by atoms with Crippen molar-refractivity contribution in [3.8, 4) is 0 Å². The monoisotopic (exact) mass is 233 g/mol. The maximum Gasteiger partial charge on any atom is 0.377 e. The average Bonchev–Trinajstić information content (AvgIpc) is 2.74. The Labute approximate surface area is 99.9 Å². The number of aliphatic carboxylic acids is 1. The zero-order chi connectivity index (χ0) is 12.4. The van der Waals surface area contributed by atoms with E-state index in [-0.39, 0.29) is 5.92 Å². The van der Waals surface area contributed by atoms with Gasteiger partial charge in [0.25, 0.3) is 5.78 Å². The van der Waals surface area contributed by atoms with E-state index in [9.17, 15) is 9.59 Å². The van der Waals surface area contributed by atoms with Crippen LogP contribution in [0.25, 0.3) is 0 Å². The number of benzene rings is 1. The Morgan fingerprint density at radius 3 is 2.65 bits per heavy atom. The lowest BCUT2D eigenvalue weighted by Gasteiger charge is -2.13. The van der Waals surface area contributed by atoms with E-state index in [1.165, 1.54) is 0 Å². The van der Waals surface area contributed by atoms with Crippen LogP contribution in [0.2, 0.25) is 0 Å². The Morgan fingerprint density at radius 1 is 1.35 bits per heavy atom. The second kappa shape index (κ2) is 4.67. The van der Waals surface area contributed by atoms with Crippen molar-refractivity contribution in [2.45, 2.75) is 12.3 Å². The number of rotatable bonds is 3. The summed E-state index contributed by atoms with van der Waals surface area (Å²) in [6.45, 7) is 1.87. The highest BCUT2D eigenvalue weighted by molar-refractivity contribution is 6.40. The minimum atomic E-state index is -1.39. The van der Waals surface area contributed by atoms with Crippen molar-refractivity contribution < 1.29 is 14.7 Å². The van der Waals surface area contributed by atoms with Gasteiger partial charge in [-0.2, -0.15) is 0 Å². The molecule has 1 aliphatic rings. The third kappa shape index (κ3) is 2.36. The van der Waals surface area contributed by atoms with Gasteiger partial charge < -0.3 is 10.0 Å². The Kier molecular flexibility index (Phi) is 3.24. The molecule has 1 fully saturated rings. The maximum atomic E-state index is 11.6. The lowest BCUT2D eigenvalue weighted by Crippen LogP contribution is -2.18. The number of ketones is 1. The van der Waals surface area contributed by atoms with E-state index in [1.807, 2.05) is 19.2 Å². The SMILES string of the molecule is CN1CCC(c2ccccc2C(=O)C(=O)O)C1. The van der Waals surface area contributed by atoms with Crippen molar-refractivity contribution in [1.29, 1.82) is 0 Å². The van der Waals surface area contributed by atoms with Gasteiger partial charge >= 0.3 is 5.97 Å². The van der Waals surface area contributed by atoms with E-state index in [4.69, 9.17) is 5.11 Å². The van der Waals surface area contributed by atoms with Crippen molar-refractivity contribution in [1.82, 2.24) is 4.90 Å². The van der Waals surface area contributed by atoms with E-state index < -0.39 is 11.8 Å². The van der Waals surface area contributed by atoms with E-state index in [2.05, 4.69) is 4.90 Å². The molecule has 17 heavy (non-hydrogen) atoms. The average molecular weight is 233 g/mol. The highest BCUT2D eigenvalue weighted by Gasteiger charge is 2.26. The molecule has 1 unspecified atom stereocenters. The fourth-order valence-electron chi connectivity index (χ4n) is 2.36. The zero-order valence-electron chi connectivity index (χ0n) is 9.72. The zero-order valence-corrected chi connectivity index (χ0v) is 9.72. The Balaban J connectivity index is 2.34. The van der Waals surface area contributed by atoms with Crippen LogP contribution in [0.1, 0.15) is 28.3 Å². The fraction of sp³-hybridized carbons (Fsp3) is 0.385. The minimum absolute atomic E-state index is 0.263. The molecule has 1 N–H and O–H groups in total. The summed E-state index contributed by atoms with van der Waals surface area (Å²) in [4.78, 5) is 24.5.